The molecule has 3 nitrogen and oxygen atoms in total. The van der Waals surface area contributed by atoms with Crippen LogP contribution in [0.1, 0.15) is 75.8 Å². The number of allylic oxidation sites excluding steroid dienone is 8. The Labute approximate surface area is 271 Å². The number of hydrogen-bond acceptors (Lipinski definition) is 4. The van der Waals surface area contributed by atoms with Crippen LogP contribution in [0.3, 0.4) is 0 Å². The number of thiol groups is 1. The second kappa shape index (κ2) is 17.6. The number of benzene rings is 2. The predicted molar refractivity (Wildman–Crippen MR) is 197 cm³/mol. The van der Waals surface area contributed by atoms with Crippen LogP contribution in [0.4, 0.5) is 5.69 Å². The van der Waals surface area contributed by atoms with Crippen molar-refractivity contribution in [1.82, 2.24) is 5.32 Å². The van der Waals surface area contributed by atoms with E-state index in [0.29, 0.717) is 6.04 Å². The normalized spacial score (nSPS) is 18.1. The van der Waals surface area contributed by atoms with Gasteiger partial charge in [0.05, 0.1) is 11.7 Å². The Bertz CT molecular complexity index is 1420. The molecule has 0 amide bonds. The van der Waals surface area contributed by atoms with Gasteiger partial charge in [0.1, 0.15) is 0 Å². The van der Waals surface area contributed by atoms with E-state index < -0.39 is 0 Å². The topological polar surface area (TPSA) is 27.6 Å². The van der Waals surface area contributed by atoms with Crippen LogP contribution in [0, 0.1) is 0 Å². The lowest BCUT2D eigenvalue weighted by atomic mass is 9.92. The monoisotopic (exact) mass is 603 g/mol. The van der Waals surface area contributed by atoms with Crippen LogP contribution >= 0.6 is 12.6 Å². The predicted octanol–water partition coefficient (Wildman–Crippen LogP) is 10.5. The number of rotatable bonds is 14. The van der Waals surface area contributed by atoms with Crippen molar-refractivity contribution in [2.45, 2.75) is 76.8 Å². The zero-order valence-electron chi connectivity index (χ0n) is 26.6. The van der Waals surface area contributed by atoms with Crippen molar-refractivity contribution >= 4 is 35.6 Å². The van der Waals surface area contributed by atoms with Gasteiger partial charge in [-0.25, -0.2) is 0 Å². The standard InChI is InChI=1S/C40H49N3S/c1-5-17-37(38(41-3)29-24-31(2)30-39(44)32-18-11-10-12-19-32)40(42-4)33-25-27-36(28-26-33)43(34-20-13-6-7-14-21-34)35-22-15-8-9-16-23-35/h6-7,10-13,15,18-20,22-23,25-28,30,34,38,41,44H,2,4-5,8-9,14,16-17,21,24,29H2,1,3H3/b39-30-,40-37-/t34?,38-/m0/s1. The van der Waals surface area contributed by atoms with Gasteiger partial charge >= 0.3 is 0 Å². The molecule has 0 saturated carbocycles. The second-order valence-electron chi connectivity index (χ2n) is 11.6. The molecule has 2 atom stereocenters. The summed E-state index contributed by atoms with van der Waals surface area (Å²) in [7, 11) is 2.04. The zero-order chi connectivity index (χ0) is 31.1. The first-order valence-corrected chi connectivity index (χ1v) is 16.6. The van der Waals surface area contributed by atoms with Crippen LogP contribution in [-0.4, -0.2) is 25.8 Å². The molecule has 2 aromatic rings. The van der Waals surface area contributed by atoms with Crippen molar-refractivity contribution in [2.24, 2.45) is 4.99 Å². The van der Waals surface area contributed by atoms with Crippen molar-refractivity contribution < 1.29 is 0 Å². The molecule has 0 heterocycles. The molecule has 2 aliphatic rings. The van der Waals surface area contributed by atoms with Crippen molar-refractivity contribution in [2.75, 3.05) is 11.9 Å². The van der Waals surface area contributed by atoms with E-state index in [0.717, 1.165) is 78.7 Å². The lowest BCUT2D eigenvalue weighted by molar-refractivity contribution is 0.568. The van der Waals surface area contributed by atoms with Crippen molar-refractivity contribution in [3.63, 3.8) is 0 Å². The quantitative estimate of drug-likeness (QED) is 0.128. The van der Waals surface area contributed by atoms with Gasteiger partial charge in [-0.1, -0.05) is 104 Å². The fourth-order valence-electron chi connectivity index (χ4n) is 6.08. The lowest BCUT2D eigenvalue weighted by Crippen LogP contribution is -2.32. The number of hydrogen-bond donors (Lipinski definition) is 2. The van der Waals surface area contributed by atoms with Crippen LogP contribution in [0.15, 0.2) is 132 Å². The fourth-order valence-corrected chi connectivity index (χ4v) is 6.41. The molecular formula is C40H49N3S. The molecule has 0 spiro atoms. The van der Waals surface area contributed by atoms with Gasteiger partial charge in [0, 0.05) is 27.9 Å². The van der Waals surface area contributed by atoms with E-state index >= 15 is 0 Å². The van der Waals surface area contributed by atoms with E-state index in [4.69, 9.17) is 12.6 Å². The first-order valence-electron chi connectivity index (χ1n) is 16.2. The maximum absolute atomic E-state index is 4.73. The summed E-state index contributed by atoms with van der Waals surface area (Å²) in [5.41, 5.74) is 8.06. The van der Waals surface area contributed by atoms with E-state index in [1.165, 1.54) is 23.4 Å². The second-order valence-corrected chi connectivity index (χ2v) is 12.0. The van der Waals surface area contributed by atoms with E-state index in [9.17, 15) is 0 Å². The summed E-state index contributed by atoms with van der Waals surface area (Å²) in [6.45, 7) is 10.6. The molecule has 0 bridgehead atoms. The van der Waals surface area contributed by atoms with E-state index in [1.807, 2.05) is 25.2 Å². The number of anilines is 1. The summed E-state index contributed by atoms with van der Waals surface area (Å²) in [5.74, 6) is 0. The molecule has 0 aliphatic heterocycles. The van der Waals surface area contributed by atoms with Gasteiger partial charge in [-0.05, 0) is 101 Å². The minimum Gasteiger partial charge on any atom is -0.335 e. The molecule has 2 aliphatic carbocycles. The molecule has 44 heavy (non-hydrogen) atoms. The average Bonchev–Trinajstić information content (AvgIpc) is 3.49. The Morgan fingerprint density at radius 1 is 1.02 bits per heavy atom. The minimum absolute atomic E-state index is 0.168. The summed E-state index contributed by atoms with van der Waals surface area (Å²) in [4.78, 5) is 8.07. The average molecular weight is 604 g/mol. The molecule has 0 saturated heterocycles. The van der Waals surface area contributed by atoms with Gasteiger partial charge < -0.3 is 10.2 Å². The Hall–Kier alpha value is -3.60. The minimum atomic E-state index is 0.168. The number of aliphatic imine (C=N–C) groups is 1. The number of nitrogens with one attached hydrogen (secondary N) is 1. The highest BCUT2D eigenvalue weighted by molar-refractivity contribution is 7.90. The highest BCUT2D eigenvalue weighted by atomic mass is 32.1. The van der Waals surface area contributed by atoms with Crippen molar-refractivity contribution in [3.8, 4) is 0 Å². The van der Waals surface area contributed by atoms with E-state index in [2.05, 4.69) is 120 Å². The molecule has 230 valence electrons. The maximum Gasteiger partial charge on any atom is 0.0702 e. The summed E-state index contributed by atoms with van der Waals surface area (Å²) < 4.78 is 0. The summed E-state index contributed by atoms with van der Waals surface area (Å²) in [6.07, 6.45) is 27.5. The molecule has 1 N–H and O–H groups in total. The maximum atomic E-state index is 4.73. The van der Waals surface area contributed by atoms with Gasteiger partial charge in [-0.15, -0.1) is 12.6 Å². The van der Waals surface area contributed by atoms with Crippen molar-refractivity contribution in [1.29, 1.82) is 0 Å². The zero-order valence-corrected chi connectivity index (χ0v) is 27.5. The largest absolute Gasteiger partial charge is 0.335 e. The van der Waals surface area contributed by atoms with Crippen LogP contribution < -0.4 is 10.2 Å². The smallest absolute Gasteiger partial charge is 0.0702 e. The summed E-state index contributed by atoms with van der Waals surface area (Å²) >= 11 is 4.73. The van der Waals surface area contributed by atoms with Gasteiger partial charge in [-0.3, -0.25) is 4.99 Å². The molecule has 4 heteroatoms. The Morgan fingerprint density at radius 2 is 1.82 bits per heavy atom. The molecule has 0 fully saturated rings. The third kappa shape index (κ3) is 9.20. The van der Waals surface area contributed by atoms with Crippen molar-refractivity contribution in [3.05, 3.63) is 138 Å². The van der Waals surface area contributed by atoms with Gasteiger partial charge in [0.15, 0.2) is 0 Å². The van der Waals surface area contributed by atoms with E-state index in [-0.39, 0.29) is 6.04 Å². The van der Waals surface area contributed by atoms with Gasteiger partial charge in [0.2, 0.25) is 0 Å². The molecule has 2 aromatic carbocycles. The van der Waals surface area contributed by atoms with E-state index in [1.54, 1.807) is 0 Å². The Morgan fingerprint density at radius 3 is 2.55 bits per heavy atom. The highest BCUT2D eigenvalue weighted by Crippen LogP contribution is 2.33. The number of nitrogens with zero attached hydrogens (tertiary/aromatic N) is 2. The molecule has 4 rings (SSSR count). The Balaban J connectivity index is 1.59. The molecule has 0 radical (unpaired) electrons. The first kappa shape index (κ1) is 33.3. The summed E-state index contributed by atoms with van der Waals surface area (Å²) in [5, 5.41) is 3.58. The molecule has 0 aromatic heterocycles. The van der Waals surface area contributed by atoms with Gasteiger partial charge in [0.25, 0.3) is 0 Å². The molecule has 1 unspecified atom stereocenters. The van der Waals surface area contributed by atoms with Crippen LogP contribution in [0.5, 0.6) is 0 Å². The third-order valence-electron chi connectivity index (χ3n) is 8.37. The Kier molecular flexibility index (Phi) is 13.3. The molecular weight excluding hydrogens is 555 g/mol. The SMILES string of the molecule is C=N/C(=C(/CCC)[C@H](CCC(=C)/C=C(\S)c1ccccc1)NC)c1ccc(N(C2=CCCCC=C2)C2C=CC=CCC2)cc1. The van der Waals surface area contributed by atoms with Crippen LogP contribution in [-0.2, 0) is 0 Å². The van der Waals surface area contributed by atoms with Gasteiger partial charge in [-0.2, -0.15) is 0 Å². The summed E-state index contributed by atoms with van der Waals surface area (Å²) in [6, 6.07) is 19.7. The van der Waals surface area contributed by atoms with Crippen LogP contribution in [0.25, 0.3) is 10.6 Å². The first-order chi connectivity index (χ1) is 21.5. The fraction of sp³-hybridized carbons (Fsp3) is 0.325. The highest BCUT2D eigenvalue weighted by Gasteiger charge is 2.22. The van der Waals surface area contributed by atoms with Crippen LogP contribution in [0.2, 0.25) is 0 Å². The lowest BCUT2D eigenvalue weighted by Gasteiger charge is -2.33. The number of likely N-dealkylation sites (N-methyl/N-ethyl adjacent to an activating group) is 1. The third-order valence-corrected chi connectivity index (χ3v) is 8.76.